The van der Waals surface area contributed by atoms with Gasteiger partial charge in [-0.15, -0.1) is 0 Å². The van der Waals surface area contributed by atoms with Crippen LogP contribution in [-0.2, 0) is 11.3 Å². The largest absolute Gasteiger partial charge is 0.493 e. The van der Waals surface area contributed by atoms with Crippen LogP contribution in [-0.4, -0.2) is 44.0 Å². The molecule has 0 radical (unpaired) electrons. The van der Waals surface area contributed by atoms with Gasteiger partial charge in [0.1, 0.15) is 5.82 Å². The molecule has 0 aromatic heterocycles. The van der Waals surface area contributed by atoms with Gasteiger partial charge in [-0.2, -0.15) is 0 Å². The number of amides is 2. The van der Waals surface area contributed by atoms with E-state index < -0.39 is 0 Å². The molecule has 0 aliphatic carbocycles. The second-order valence-corrected chi connectivity index (χ2v) is 8.15. The molecule has 1 fully saturated rings. The van der Waals surface area contributed by atoms with Crippen LogP contribution >= 0.6 is 0 Å². The van der Waals surface area contributed by atoms with Crippen LogP contribution in [0.1, 0.15) is 42.1 Å². The Hall–Kier alpha value is -3.09. The quantitative estimate of drug-likeness (QED) is 0.670. The molecule has 0 bridgehead atoms. The molecule has 1 saturated heterocycles. The Kier molecular flexibility index (Phi) is 8.09. The first-order valence-electron chi connectivity index (χ1n) is 11.0. The summed E-state index contributed by atoms with van der Waals surface area (Å²) in [5, 5.41) is 2.99. The molecule has 2 aromatic carbocycles. The molecule has 7 heteroatoms. The van der Waals surface area contributed by atoms with Gasteiger partial charge in [0, 0.05) is 31.6 Å². The van der Waals surface area contributed by atoms with Gasteiger partial charge in [0.15, 0.2) is 11.5 Å². The highest BCUT2D eigenvalue weighted by Crippen LogP contribution is 2.30. The Labute approximate surface area is 188 Å². The molecule has 1 aliphatic heterocycles. The summed E-state index contributed by atoms with van der Waals surface area (Å²) in [6.07, 6.45) is 2.10. The fourth-order valence-corrected chi connectivity index (χ4v) is 4.27. The first-order valence-corrected chi connectivity index (χ1v) is 11.0. The fraction of sp³-hybridized carbons (Fsp3) is 0.440. The maximum Gasteiger partial charge on any atom is 0.253 e. The molecule has 2 atom stereocenters. The van der Waals surface area contributed by atoms with E-state index in [9.17, 15) is 14.0 Å². The van der Waals surface area contributed by atoms with Crippen molar-refractivity contribution < 1.29 is 23.5 Å². The fourth-order valence-electron chi connectivity index (χ4n) is 4.27. The van der Waals surface area contributed by atoms with Crippen molar-refractivity contribution in [2.75, 3.05) is 27.3 Å². The lowest BCUT2D eigenvalue weighted by Gasteiger charge is -2.38. The number of halogens is 1. The Morgan fingerprint density at radius 2 is 1.78 bits per heavy atom. The van der Waals surface area contributed by atoms with Crippen molar-refractivity contribution in [3.8, 4) is 11.5 Å². The van der Waals surface area contributed by atoms with Crippen LogP contribution in [0, 0.1) is 17.7 Å². The van der Waals surface area contributed by atoms with Gasteiger partial charge in [-0.1, -0.05) is 19.4 Å². The number of piperidine rings is 1. The van der Waals surface area contributed by atoms with Crippen LogP contribution < -0.4 is 14.8 Å². The molecule has 0 saturated carbocycles. The van der Waals surface area contributed by atoms with E-state index in [1.165, 1.54) is 24.3 Å². The minimum Gasteiger partial charge on any atom is -0.493 e. The minimum atomic E-state index is -0.356. The summed E-state index contributed by atoms with van der Waals surface area (Å²) in [5.41, 5.74) is 1.43. The van der Waals surface area contributed by atoms with E-state index in [2.05, 4.69) is 12.2 Å². The number of carbonyl (C=O) groups excluding carboxylic acids is 2. The summed E-state index contributed by atoms with van der Waals surface area (Å²) in [7, 11) is 3.17. The summed E-state index contributed by atoms with van der Waals surface area (Å²) >= 11 is 0. The molecule has 1 aliphatic rings. The zero-order valence-corrected chi connectivity index (χ0v) is 18.9. The number of nitrogens with zero attached hydrogens (tertiary/aromatic N) is 1. The molecule has 172 valence electrons. The Balaban J connectivity index is 1.53. The minimum absolute atomic E-state index is 0.00143. The predicted molar refractivity (Wildman–Crippen MR) is 120 cm³/mol. The number of benzene rings is 2. The number of hydrogen-bond acceptors (Lipinski definition) is 4. The van der Waals surface area contributed by atoms with Crippen LogP contribution in [0.2, 0.25) is 0 Å². The zero-order chi connectivity index (χ0) is 23.1. The summed E-state index contributed by atoms with van der Waals surface area (Å²) in [5.74, 6) is 1.31. The molecule has 1 N–H and O–H groups in total. The summed E-state index contributed by atoms with van der Waals surface area (Å²) in [6.45, 7) is 3.71. The molecule has 2 amide bonds. The van der Waals surface area contributed by atoms with Crippen LogP contribution in [0.4, 0.5) is 4.39 Å². The lowest BCUT2D eigenvalue weighted by atomic mass is 9.81. The smallest absolute Gasteiger partial charge is 0.253 e. The van der Waals surface area contributed by atoms with E-state index in [1.807, 2.05) is 23.1 Å². The molecule has 6 nitrogen and oxygen atoms in total. The van der Waals surface area contributed by atoms with Crippen molar-refractivity contribution in [1.29, 1.82) is 0 Å². The van der Waals surface area contributed by atoms with E-state index in [0.717, 1.165) is 18.4 Å². The second-order valence-electron chi connectivity index (χ2n) is 8.15. The highest BCUT2D eigenvalue weighted by molar-refractivity contribution is 5.94. The molecule has 2 aromatic rings. The van der Waals surface area contributed by atoms with Crippen LogP contribution in [0.5, 0.6) is 11.5 Å². The van der Waals surface area contributed by atoms with Crippen molar-refractivity contribution in [1.82, 2.24) is 10.2 Å². The lowest BCUT2D eigenvalue weighted by molar-refractivity contribution is -0.123. The van der Waals surface area contributed by atoms with Crippen molar-refractivity contribution in [3.05, 3.63) is 59.4 Å². The van der Waals surface area contributed by atoms with Crippen molar-refractivity contribution >= 4 is 11.8 Å². The second kappa shape index (κ2) is 11.0. The first kappa shape index (κ1) is 23.6. The molecular formula is C25H31FN2O4. The molecule has 0 unspecified atom stereocenters. The summed E-state index contributed by atoms with van der Waals surface area (Å²) in [6, 6.07) is 11.2. The number of rotatable bonds is 8. The van der Waals surface area contributed by atoms with Gasteiger partial charge in [0.2, 0.25) is 5.91 Å². The Morgan fingerprint density at radius 3 is 2.44 bits per heavy atom. The number of hydrogen-bond donors (Lipinski definition) is 1. The lowest BCUT2D eigenvalue weighted by Crippen LogP contribution is -2.44. The van der Waals surface area contributed by atoms with Crippen molar-refractivity contribution in [2.45, 2.75) is 32.7 Å². The number of likely N-dealkylation sites (tertiary alicyclic amines) is 1. The van der Waals surface area contributed by atoms with Crippen LogP contribution in [0.3, 0.4) is 0 Å². The zero-order valence-electron chi connectivity index (χ0n) is 18.9. The summed E-state index contributed by atoms with van der Waals surface area (Å²) in [4.78, 5) is 27.2. The number of nitrogens with one attached hydrogen (secondary N) is 1. The normalized spacial score (nSPS) is 18.2. The Bertz CT molecular complexity index is 932. The predicted octanol–water partition coefficient (Wildman–Crippen LogP) is 4.04. The summed E-state index contributed by atoms with van der Waals surface area (Å²) < 4.78 is 23.7. The van der Waals surface area contributed by atoms with Gasteiger partial charge in [0.25, 0.3) is 5.91 Å². The van der Waals surface area contributed by atoms with Crippen LogP contribution in [0.25, 0.3) is 0 Å². The van der Waals surface area contributed by atoms with E-state index in [4.69, 9.17) is 9.47 Å². The average Bonchev–Trinajstić information content (AvgIpc) is 2.82. The van der Waals surface area contributed by atoms with Gasteiger partial charge >= 0.3 is 0 Å². The van der Waals surface area contributed by atoms with E-state index in [0.29, 0.717) is 43.1 Å². The van der Waals surface area contributed by atoms with Gasteiger partial charge in [-0.05, 0) is 60.2 Å². The SMILES string of the molecule is CC[C@@H]1CN(C(=O)c2ccc(F)cc2)CC[C@H]1CC(=O)NCc1ccc(OC)c(OC)c1. The third-order valence-corrected chi connectivity index (χ3v) is 6.18. The molecule has 1 heterocycles. The van der Waals surface area contributed by atoms with Crippen molar-refractivity contribution in [2.24, 2.45) is 11.8 Å². The van der Waals surface area contributed by atoms with Gasteiger partial charge in [-0.3, -0.25) is 9.59 Å². The first-order chi connectivity index (χ1) is 15.4. The molecule has 32 heavy (non-hydrogen) atoms. The highest BCUT2D eigenvalue weighted by atomic mass is 19.1. The molecule has 0 spiro atoms. The number of methoxy groups -OCH3 is 2. The number of carbonyl (C=O) groups is 2. The molecular weight excluding hydrogens is 411 g/mol. The van der Waals surface area contributed by atoms with Crippen LogP contribution in [0.15, 0.2) is 42.5 Å². The van der Waals surface area contributed by atoms with Gasteiger partial charge in [0.05, 0.1) is 14.2 Å². The average molecular weight is 443 g/mol. The van der Waals surface area contributed by atoms with Gasteiger partial charge in [-0.25, -0.2) is 4.39 Å². The molecule has 3 rings (SSSR count). The third-order valence-electron chi connectivity index (χ3n) is 6.18. The third kappa shape index (κ3) is 5.78. The van der Waals surface area contributed by atoms with E-state index in [1.54, 1.807) is 14.2 Å². The number of ether oxygens (including phenoxy) is 2. The maximum absolute atomic E-state index is 13.2. The van der Waals surface area contributed by atoms with Gasteiger partial charge < -0.3 is 19.7 Å². The maximum atomic E-state index is 13.2. The monoisotopic (exact) mass is 442 g/mol. The van der Waals surface area contributed by atoms with E-state index in [-0.39, 0.29) is 29.5 Å². The van der Waals surface area contributed by atoms with Crippen molar-refractivity contribution in [3.63, 3.8) is 0 Å². The standard InChI is InChI=1S/C25H31FN2O4/c1-4-18-16-28(25(30)19-6-8-21(26)9-7-19)12-11-20(18)14-24(29)27-15-17-5-10-22(31-2)23(13-17)32-3/h5-10,13,18,20H,4,11-12,14-16H2,1-3H3,(H,27,29)/t18-,20+/m1/s1. The highest BCUT2D eigenvalue weighted by Gasteiger charge is 2.32. The topological polar surface area (TPSA) is 67.9 Å². The van der Waals surface area contributed by atoms with E-state index >= 15 is 0 Å². The Morgan fingerprint density at radius 1 is 1.06 bits per heavy atom.